The lowest BCUT2D eigenvalue weighted by atomic mass is 9.99. The minimum atomic E-state index is -1.21. The van der Waals surface area contributed by atoms with Gasteiger partial charge in [0.2, 0.25) is 0 Å². The van der Waals surface area contributed by atoms with Crippen LogP contribution in [0.25, 0.3) is 0 Å². The zero-order valence-corrected chi connectivity index (χ0v) is 13.1. The van der Waals surface area contributed by atoms with Gasteiger partial charge in [0.05, 0.1) is 6.61 Å². The summed E-state index contributed by atoms with van der Waals surface area (Å²) in [7, 11) is 0. The fourth-order valence-corrected chi connectivity index (χ4v) is 2.46. The second-order valence-corrected chi connectivity index (χ2v) is 5.64. The fourth-order valence-electron chi connectivity index (χ4n) is 2.46. The van der Waals surface area contributed by atoms with E-state index in [1.165, 1.54) is 9.80 Å². The lowest BCUT2D eigenvalue weighted by Crippen LogP contribution is -2.57. The third kappa shape index (κ3) is 3.65. The smallest absolute Gasteiger partial charge is 0.329 e. The minimum Gasteiger partial charge on any atom is -0.480 e. The van der Waals surface area contributed by atoms with Crippen LogP contribution in [0.5, 0.6) is 0 Å². The number of nitrogens with zero attached hydrogens (tertiary/aromatic N) is 2. The minimum absolute atomic E-state index is 0.170. The summed E-state index contributed by atoms with van der Waals surface area (Å²) in [5.74, 6) is -1.51. The van der Waals surface area contributed by atoms with Gasteiger partial charge in [-0.1, -0.05) is 0 Å². The van der Waals surface area contributed by atoms with E-state index < -0.39 is 23.5 Å². The van der Waals surface area contributed by atoms with Gasteiger partial charge >= 0.3 is 18.0 Å². The van der Waals surface area contributed by atoms with Gasteiger partial charge in [0, 0.05) is 12.6 Å². The summed E-state index contributed by atoms with van der Waals surface area (Å²) in [6, 6.07) is -0.652. The number of urea groups is 1. The van der Waals surface area contributed by atoms with E-state index in [0.29, 0.717) is 19.4 Å². The van der Waals surface area contributed by atoms with Crippen LogP contribution in [0.15, 0.2) is 0 Å². The number of ether oxygens (including phenoxy) is 1. The monoisotopic (exact) mass is 300 g/mol. The Morgan fingerprint density at radius 1 is 1.38 bits per heavy atom. The molecule has 0 aromatic rings. The van der Waals surface area contributed by atoms with Gasteiger partial charge in [-0.3, -0.25) is 4.79 Å². The molecule has 7 heteroatoms. The number of hydrogen-bond acceptors (Lipinski definition) is 4. The lowest BCUT2D eigenvalue weighted by Gasteiger charge is -2.37. The molecule has 0 aliphatic carbocycles. The second kappa shape index (κ2) is 6.78. The average molecular weight is 300 g/mol. The predicted molar refractivity (Wildman–Crippen MR) is 75.9 cm³/mol. The molecule has 21 heavy (non-hydrogen) atoms. The third-order valence-corrected chi connectivity index (χ3v) is 3.81. The first-order valence-corrected chi connectivity index (χ1v) is 7.21. The number of amides is 2. The summed E-state index contributed by atoms with van der Waals surface area (Å²) in [6.45, 7) is 7.26. The number of carbonyl (C=O) groups excluding carboxylic acids is 2. The average Bonchev–Trinajstić information content (AvgIpc) is 2.78. The van der Waals surface area contributed by atoms with Gasteiger partial charge in [0.15, 0.2) is 0 Å². The van der Waals surface area contributed by atoms with Crippen molar-refractivity contribution in [2.24, 2.45) is 0 Å². The number of rotatable bonds is 5. The molecule has 0 radical (unpaired) electrons. The molecule has 0 spiro atoms. The van der Waals surface area contributed by atoms with Crippen molar-refractivity contribution in [2.45, 2.75) is 52.1 Å². The maximum atomic E-state index is 12.6. The van der Waals surface area contributed by atoms with Crippen LogP contribution in [-0.2, 0) is 14.3 Å². The summed E-state index contributed by atoms with van der Waals surface area (Å²) in [5, 5.41) is 9.37. The molecule has 1 rings (SSSR count). The Labute approximate surface area is 124 Å². The van der Waals surface area contributed by atoms with Crippen LogP contribution in [0, 0.1) is 0 Å². The van der Waals surface area contributed by atoms with Crippen molar-refractivity contribution in [1.82, 2.24) is 9.80 Å². The van der Waals surface area contributed by atoms with Crippen LogP contribution in [0.4, 0.5) is 4.79 Å². The molecule has 1 fully saturated rings. The summed E-state index contributed by atoms with van der Waals surface area (Å²) in [6.07, 6.45) is 1.05. The van der Waals surface area contributed by atoms with Crippen LogP contribution < -0.4 is 0 Å². The van der Waals surface area contributed by atoms with Crippen molar-refractivity contribution in [3.63, 3.8) is 0 Å². The van der Waals surface area contributed by atoms with Crippen molar-refractivity contribution in [1.29, 1.82) is 0 Å². The molecular formula is C14H24N2O5. The van der Waals surface area contributed by atoms with Gasteiger partial charge in [-0.2, -0.15) is 0 Å². The molecule has 1 N–H and O–H groups in total. The Morgan fingerprint density at radius 2 is 2.00 bits per heavy atom. The van der Waals surface area contributed by atoms with Crippen molar-refractivity contribution in [3.8, 4) is 0 Å². The first kappa shape index (κ1) is 17.3. The van der Waals surface area contributed by atoms with Crippen LogP contribution in [0.2, 0.25) is 0 Å². The number of hydrogen-bond donors (Lipinski definition) is 1. The van der Waals surface area contributed by atoms with Crippen LogP contribution in [0.1, 0.15) is 40.5 Å². The van der Waals surface area contributed by atoms with E-state index in [2.05, 4.69) is 0 Å². The molecule has 7 nitrogen and oxygen atoms in total. The molecule has 1 aliphatic rings. The topological polar surface area (TPSA) is 87.2 Å². The van der Waals surface area contributed by atoms with Crippen LogP contribution in [-0.4, -0.2) is 64.2 Å². The van der Waals surface area contributed by atoms with Crippen molar-refractivity contribution < 1.29 is 24.2 Å². The highest BCUT2D eigenvalue weighted by atomic mass is 16.5. The molecule has 0 bridgehead atoms. The molecule has 1 atom stereocenters. The molecule has 1 saturated heterocycles. The standard InChI is InChI=1S/C14H24N2O5/c1-5-21-11(17)9-15(10(2)3)13(20)16-8-6-7-14(16,4)12(18)19/h10H,5-9H2,1-4H3,(H,18,19). The van der Waals surface area contributed by atoms with Crippen LogP contribution >= 0.6 is 0 Å². The SMILES string of the molecule is CCOC(=O)CN(C(=O)N1CCCC1(C)C(=O)O)C(C)C. The van der Waals surface area contributed by atoms with Crippen molar-refractivity contribution in [2.75, 3.05) is 19.7 Å². The van der Waals surface area contributed by atoms with Crippen molar-refractivity contribution in [3.05, 3.63) is 0 Å². The normalized spacial score (nSPS) is 21.5. The van der Waals surface area contributed by atoms with E-state index in [0.717, 1.165) is 0 Å². The number of esters is 1. The first-order valence-electron chi connectivity index (χ1n) is 7.21. The number of carboxylic acid groups (broad SMARTS) is 1. The Kier molecular flexibility index (Phi) is 5.57. The fraction of sp³-hybridized carbons (Fsp3) is 0.786. The quantitative estimate of drug-likeness (QED) is 0.774. The number of aliphatic carboxylic acids is 1. The Hall–Kier alpha value is -1.79. The van der Waals surface area contributed by atoms with E-state index in [1.807, 2.05) is 0 Å². The second-order valence-electron chi connectivity index (χ2n) is 5.64. The maximum absolute atomic E-state index is 12.6. The van der Waals surface area contributed by atoms with E-state index in [1.54, 1.807) is 27.7 Å². The molecule has 0 saturated carbocycles. The van der Waals surface area contributed by atoms with E-state index in [-0.39, 0.29) is 19.2 Å². The Balaban J connectivity index is 2.91. The molecule has 0 aromatic heterocycles. The van der Waals surface area contributed by atoms with E-state index in [9.17, 15) is 19.5 Å². The van der Waals surface area contributed by atoms with Crippen LogP contribution in [0.3, 0.4) is 0 Å². The molecule has 2 amide bonds. The summed E-state index contributed by atoms with van der Waals surface area (Å²) < 4.78 is 4.87. The van der Waals surface area contributed by atoms with Gasteiger partial charge in [0.1, 0.15) is 12.1 Å². The molecular weight excluding hydrogens is 276 g/mol. The maximum Gasteiger partial charge on any atom is 0.329 e. The Bertz CT molecular complexity index is 424. The van der Waals surface area contributed by atoms with Gasteiger partial charge < -0.3 is 19.6 Å². The largest absolute Gasteiger partial charge is 0.480 e. The van der Waals surface area contributed by atoms with Gasteiger partial charge in [-0.25, -0.2) is 9.59 Å². The van der Waals surface area contributed by atoms with E-state index in [4.69, 9.17) is 4.74 Å². The molecule has 1 unspecified atom stereocenters. The molecule has 1 heterocycles. The van der Waals surface area contributed by atoms with E-state index >= 15 is 0 Å². The highest BCUT2D eigenvalue weighted by molar-refractivity contribution is 5.88. The number of likely N-dealkylation sites (tertiary alicyclic amines) is 1. The van der Waals surface area contributed by atoms with Gasteiger partial charge in [-0.05, 0) is 40.5 Å². The van der Waals surface area contributed by atoms with Crippen molar-refractivity contribution >= 4 is 18.0 Å². The zero-order valence-electron chi connectivity index (χ0n) is 13.1. The highest BCUT2D eigenvalue weighted by Crippen LogP contribution is 2.30. The molecule has 0 aromatic carbocycles. The lowest BCUT2D eigenvalue weighted by molar-refractivity contribution is -0.147. The molecule has 120 valence electrons. The van der Waals surface area contributed by atoms with Gasteiger partial charge in [0.25, 0.3) is 0 Å². The zero-order chi connectivity index (χ0) is 16.2. The van der Waals surface area contributed by atoms with Gasteiger partial charge in [-0.15, -0.1) is 0 Å². The highest BCUT2D eigenvalue weighted by Gasteiger charge is 2.47. The summed E-state index contributed by atoms with van der Waals surface area (Å²) >= 11 is 0. The first-order chi connectivity index (χ1) is 9.74. The third-order valence-electron chi connectivity index (χ3n) is 3.81. The predicted octanol–water partition coefficient (Wildman–Crippen LogP) is 1.32. The summed E-state index contributed by atoms with van der Waals surface area (Å²) in [5.41, 5.74) is -1.21. The summed E-state index contributed by atoms with van der Waals surface area (Å²) in [4.78, 5) is 38.4. The number of carboxylic acids is 1. The Morgan fingerprint density at radius 3 is 2.48 bits per heavy atom. The molecule has 1 aliphatic heterocycles. The number of carbonyl (C=O) groups is 3.